The highest BCUT2D eigenvalue weighted by atomic mass is 127. The van der Waals surface area contributed by atoms with Gasteiger partial charge in [-0.05, 0) is 56.8 Å². The second-order valence-corrected chi connectivity index (χ2v) is 8.21. The zero-order valence-corrected chi connectivity index (χ0v) is 22.1. The normalized spacial score (nSPS) is 15.6. The topological polar surface area (TPSA) is 65.0 Å². The number of halogens is 2. The molecule has 1 aromatic heterocycles. The van der Waals surface area contributed by atoms with Crippen molar-refractivity contribution in [1.82, 2.24) is 20.5 Å². The Labute approximate surface area is 213 Å². The van der Waals surface area contributed by atoms with Gasteiger partial charge in [0, 0.05) is 43.9 Å². The molecule has 176 valence electrons. The third-order valence-electron chi connectivity index (χ3n) is 5.11. The van der Waals surface area contributed by atoms with Gasteiger partial charge in [-0.1, -0.05) is 17.7 Å². The van der Waals surface area contributed by atoms with Crippen LogP contribution in [-0.4, -0.2) is 68.3 Å². The van der Waals surface area contributed by atoms with Crippen LogP contribution in [0.2, 0.25) is 5.02 Å². The molecule has 0 aliphatic carbocycles. The predicted octanol–water partition coefficient (Wildman–Crippen LogP) is 3.63. The van der Waals surface area contributed by atoms with Crippen LogP contribution in [0.15, 0.2) is 47.6 Å². The van der Waals surface area contributed by atoms with Crippen molar-refractivity contribution in [3.63, 3.8) is 0 Å². The van der Waals surface area contributed by atoms with Gasteiger partial charge in [0.15, 0.2) is 5.96 Å². The first-order valence-electron chi connectivity index (χ1n) is 10.9. The molecule has 0 spiro atoms. The molecule has 1 fully saturated rings. The summed E-state index contributed by atoms with van der Waals surface area (Å²) in [5.74, 6) is 2.60. The van der Waals surface area contributed by atoms with Crippen LogP contribution >= 0.6 is 35.6 Å². The summed E-state index contributed by atoms with van der Waals surface area (Å²) in [5.41, 5.74) is 1.08. The first-order chi connectivity index (χ1) is 15.0. The second kappa shape index (κ2) is 13.7. The number of rotatable bonds is 8. The van der Waals surface area contributed by atoms with Gasteiger partial charge in [-0.25, -0.2) is 9.98 Å². The van der Waals surface area contributed by atoms with Crippen molar-refractivity contribution < 1.29 is 4.74 Å². The summed E-state index contributed by atoms with van der Waals surface area (Å²) in [7, 11) is 2.16. The van der Waals surface area contributed by atoms with Gasteiger partial charge in [0.1, 0.15) is 17.7 Å². The van der Waals surface area contributed by atoms with Gasteiger partial charge in [-0.3, -0.25) is 0 Å². The molecule has 7 nitrogen and oxygen atoms in total. The summed E-state index contributed by atoms with van der Waals surface area (Å²) in [4.78, 5) is 14.0. The lowest BCUT2D eigenvalue weighted by Gasteiger charge is -2.33. The fourth-order valence-electron chi connectivity index (χ4n) is 3.27. The smallest absolute Gasteiger partial charge is 0.191 e. The van der Waals surface area contributed by atoms with E-state index in [0.717, 1.165) is 55.8 Å². The van der Waals surface area contributed by atoms with Gasteiger partial charge in [-0.2, -0.15) is 0 Å². The molecule has 2 heterocycles. The number of aromatic nitrogens is 1. The van der Waals surface area contributed by atoms with Crippen LogP contribution in [0.25, 0.3) is 0 Å². The fourth-order valence-corrected chi connectivity index (χ4v) is 3.40. The molecule has 0 amide bonds. The molecule has 0 bridgehead atoms. The highest BCUT2D eigenvalue weighted by Gasteiger charge is 2.15. The first kappa shape index (κ1) is 26.5. The van der Waals surface area contributed by atoms with Crippen molar-refractivity contribution in [2.75, 3.05) is 51.2 Å². The molecule has 9 heteroatoms. The van der Waals surface area contributed by atoms with Crippen LogP contribution in [0.3, 0.4) is 0 Å². The maximum absolute atomic E-state index is 5.92. The Morgan fingerprint density at radius 3 is 2.47 bits per heavy atom. The van der Waals surface area contributed by atoms with Crippen molar-refractivity contribution in [1.29, 1.82) is 0 Å². The van der Waals surface area contributed by atoms with E-state index in [9.17, 15) is 0 Å². The van der Waals surface area contributed by atoms with Crippen molar-refractivity contribution in [2.24, 2.45) is 4.99 Å². The lowest BCUT2D eigenvalue weighted by molar-refractivity contribution is 0.224. The summed E-state index contributed by atoms with van der Waals surface area (Å²) in [6, 6.07) is 11.6. The molecule has 1 saturated heterocycles. The van der Waals surface area contributed by atoms with Crippen LogP contribution in [0.4, 0.5) is 5.82 Å². The highest BCUT2D eigenvalue weighted by molar-refractivity contribution is 14.0. The van der Waals surface area contributed by atoms with Crippen molar-refractivity contribution >= 4 is 47.4 Å². The van der Waals surface area contributed by atoms with Crippen molar-refractivity contribution in [2.45, 2.75) is 26.5 Å². The number of hydrogen-bond donors (Lipinski definition) is 2. The van der Waals surface area contributed by atoms with Crippen molar-refractivity contribution in [3.8, 4) is 5.75 Å². The quantitative estimate of drug-likeness (QED) is 0.286. The van der Waals surface area contributed by atoms with E-state index in [0.29, 0.717) is 18.1 Å². The zero-order valence-electron chi connectivity index (χ0n) is 19.1. The molecule has 1 atom stereocenters. The minimum absolute atomic E-state index is 0. The van der Waals surface area contributed by atoms with E-state index < -0.39 is 0 Å². The third-order valence-corrected chi connectivity index (χ3v) is 5.36. The van der Waals surface area contributed by atoms with E-state index >= 15 is 0 Å². The van der Waals surface area contributed by atoms with Crippen LogP contribution in [-0.2, 0) is 6.54 Å². The number of pyridine rings is 1. The van der Waals surface area contributed by atoms with E-state index in [-0.39, 0.29) is 30.1 Å². The van der Waals surface area contributed by atoms with Gasteiger partial charge < -0.3 is 25.2 Å². The fraction of sp³-hybridized carbons (Fsp3) is 0.478. The molecular formula is C23H34ClIN6O. The Morgan fingerprint density at radius 2 is 1.84 bits per heavy atom. The Hall–Kier alpha value is -1.78. The molecule has 1 unspecified atom stereocenters. The van der Waals surface area contributed by atoms with Gasteiger partial charge in [0.05, 0.1) is 13.1 Å². The van der Waals surface area contributed by atoms with Gasteiger partial charge >= 0.3 is 0 Å². The number of hydrogen-bond acceptors (Lipinski definition) is 5. The average Bonchev–Trinajstić information content (AvgIpc) is 2.78. The molecule has 1 aromatic carbocycles. The van der Waals surface area contributed by atoms with E-state index in [1.165, 1.54) is 0 Å². The standard InChI is InChI=1S/C23H33ClN6O.HI/c1-4-25-23(27-15-18(2)31-21-8-6-20(24)7-9-21)28-17-19-5-10-22(26-16-19)30-13-11-29(3)12-14-30;/h5-10,16,18H,4,11-15,17H2,1-3H3,(H2,25,27,28);1H. The Balaban J connectivity index is 0.00000363. The molecule has 0 saturated carbocycles. The Bertz CT molecular complexity index is 825. The number of nitrogens with one attached hydrogen (secondary N) is 2. The molecule has 0 radical (unpaired) electrons. The zero-order chi connectivity index (χ0) is 22.1. The Kier molecular flexibility index (Phi) is 11.3. The van der Waals surface area contributed by atoms with E-state index in [4.69, 9.17) is 16.3 Å². The van der Waals surface area contributed by atoms with Crippen molar-refractivity contribution in [3.05, 3.63) is 53.2 Å². The van der Waals surface area contributed by atoms with Crippen LogP contribution in [0, 0.1) is 0 Å². The first-order valence-corrected chi connectivity index (χ1v) is 11.2. The van der Waals surface area contributed by atoms with Crippen LogP contribution < -0.4 is 20.3 Å². The molecular weight excluding hydrogens is 539 g/mol. The van der Waals surface area contributed by atoms with Gasteiger partial charge in [0.25, 0.3) is 0 Å². The maximum Gasteiger partial charge on any atom is 0.191 e. The molecule has 2 N–H and O–H groups in total. The summed E-state index contributed by atoms with van der Waals surface area (Å²) >= 11 is 5.92. The number of likely N-dealkylation sites (N-methyl/N-ethyl adjacent to an activating group) is 1. The average molecular weight is 573 g/mol. The summed E-state index contributed by atoms with van der Waals surface area (Å²) in [5, 5.41) is 7.32. The molecule has 1 aliphatic heterocycles. The lowest BCUT2D eigenvalue weighted by Crippen LogP contribution is -2.44. The lowest BCUT2D eigenvalue weighted by atomic mass is 10.2. The third kappa shape index (κ3) is 8.63. The number of anilines is 1. The molecule has 2 aromatic rings. The van der Waals surface area contributed by atoms with Crippen LogP contribution in [0.1, 0.15) is 19.4 Å². The van der Waals surface area contributed by atoms with Gasteiger partial charge in [-0.15, -0.1) is 24.0 Å². The summed E-state index contributed by atoms with van der Waals surface area (Å²) in [6.07, 6.45) is 1.90. The predicted molar refractivity (Wildman–Crippen MR) is 144 cm³/mol. The SMILES string of the molecule is CCNC(=NCc1ccc(N2CCN(C)CC2)nc1)NCC(C)Oc1ccc(Cl)cc1.I. The number of ether oxygens (including phenoxy) is 1. The van der Waals surface area contributed by atoms with Crippen LogP contribution in [0.5, 0.6) is 5.75 Å². The number of guanidine groups is 1. The number of nitrogens with zero attached hydrogens (tertiary/aromatic N) is 4. The van der Waals surface area contributed by atoms with E-state index in [1.807, 2.05) is 37.4 Å². The number of benzene rings is 1. The Morgan fingerprint density at radius 1 is 1.12 bits per heavy atom. The maximum atomic E-state index is 5.92. The number of aliphatic imine (C=N–C) groups is 1. The van der Waals surface area contributed by atoms with E-state index in [1.54, 1.807) is 0 Å². The number of piperazine rings is 1. The van der Waals surface area contributed by atoms with E-state index in [2.05, 4.69) is 56.5 Å². The minimum Gasteiger partial charge on any atom is -0.489 e. The second-order valence-electron chi connectivity index (χ2n) is 7.77. The largest absolute Gasteiger partial charge is 0.489 e. The molecule has 1 aliphatic rings. The summed E-state index contributed by atoms with van der Waals surface area (Å²) < 4.78 is 5.92. The monoisotopic (exact) mass is 572 g/mol. The summed E-state index contributed by atoms with van der Waals surface area (Å²) in [6.45, 7) is 10.3. The molecule has 3 rings (SSSR count). The minimum atomic E-state index is -0.0189. The highest BCUT2D eigenvalue weighted by Crippen LogP contribution is 2.17. The van der Waals surface area contributed by atoms with Gasteiger partial charge in [0.2, 0.25) is 0 Å². The molecule has 32 heavy (non-hydrogen) atoms.